The van der Waals surface area contributed by atoms with Crippen molar-refractivity contribution in [2.45, 2.75) is 59.5 Å². The molecule has 0 heterocycles. The molecule has 0 spiro atoms. The first-order valence-corrected chi connectivity index (χ1v) is 8.06. The van der Waals surface area contributed by atoms with Gasteiger partial charge in [-0.3, -0.25) is 10.4 Å². The standard InChI is InChI=1S/C16H31N5O2/c1-7-14(19-13-17)21(18-6)12-10-9-11-20(8-2)15(22)23-16(3,4)5/h13,17H,6-12H2,1-5H3. The monoisotopic (exact) mass is 325 g/mol. The highest BCUT2D eigenvalue weighted by atomic mass is 16.6. The molecule has 7 heteroatoms. The molecule has 1 amide bonds. The summed E-state index contributed by atoms with van der Waals surface area (Å²) in [6.07, 6.45) is 3.10. The Morgan fingerprint density at radius 1 is 1.26 bits per heavy atom. The molecule has 0 unspecified atom stereocenters. The molecule has 0 atom stereocenters. The van der Waals surface area contributed by atoms with Crippen molar-refractivity contribution in [2.75, 3.05) is 19.6 Å². The summed E-state index contributed by atoms with van der Waals surface area (Å²) in [6, 6.07) is 0. The first-order chi connectivity index (χ1) is 10.8. The molecule has 0 aromatic rings. The number of unbranched alkanes of at least 4 members (excludes halogenated alkanes) is 1. The fourth-order valence-electron chi connectivity index (χ4n) is 1.97. The van der Waals surface area contributed by atoms with Crippen LogP contribution in [0, 0.1) is 5.41 Å². The maximum atomic E-state index is 12.0. The van der Waals surface area contributed by atoms with Gasteiger partial charge in [0.2, 0.25) is 0 Å². The summed E-state index contributed by atoms with van der Waals surface area (Å²) >= 11 is 0. The molecule has 0 aliphatic rings. The van der Waals surface area contributed by atoms with Crippen molar-refractivity contribution in [1.82, 2.24) is 9.91 Å². The van der Waals surface area contributed by atoms with Crippen molar-refractivity contribution in [3.8, 4) is 0 Å². The van der Waals surface area contributed by atoms with Gasteiger partial charge in [0, 0.05) is 32.8 Å². The minimum atomic E-state index is -0.479. The summed E-state index contributed by atoms with van der Waals surface area (Å²) < 4.78 is 5.38. The molecule has 0 aliphatic carbocycles. The second-order valence-electron chi connectivity index (χ2n) is 6.06. The second kappa shape index (κ2) is 10.7. The molecule has 7 nitrogen and oxygen atoms in total. The lowest BCUT2D eigenvalue weighted by atomic mass is 10.2. The van der Waals surface area contributed by atoms with Gasteiger partial charge in [-0.25, -0.2) is 9.79 Å². The third kappa shape index (κ3) is 8.95. The normalized spacial score (nSPS) is 11.8. The lowest BCUT2D eigenvalue weighted by molar-refractivity contribution is 0.0257. The Balaban J connectivity index is 4.35. The van der Waals surface area contributed by atoms with Gasteiger partial charge in [0.1, 0.15) is 17.8 Å². The number of carbonyl (C=O) groups is 1. The molecule has 132 valence electrons. The van der Waals surface area contributed by atoms with Gasteiger partial charge >= 0.3 is 6.09 Å². The highest BCUT2D eigenvalue weighted by Gasteiger charge is 2.20. The van der Waals surface area contributed by atoms with E-state index in [2.05, 4.69) is 16.8 Å². The number of nitrogens with zero attached hydrogens (tertiary/aromatic N) is 4. The van der Waals surface area contributed by atoms with Gasteiger partial charge in [-0.2, -0.15) is 5.10 Å². The van der Waals surface area contributed by atoms with Crippen LogP contribution in [0.1, 0.15) is 53.9 Å². The summed E-state index contributed by atoms with van der Waals surface area (Å²) in [5.74, 6) is 0.717. The predicted octanol–water partition coefficient (Wildman–Crippen LogP) is 3.36. The van der Waals surface area contributed by atoms with Gasteiger partial charge in [-0.15, -0.1) is 0 Å². The first kappa shape index (κ1) is 21.1. The van der Waals surface area contributed by atoms with E-state index in [9.17, 15) is 4.79 Å². The largest absolute Gasteiger partial charge is 0.444 e. The Bertz CT molecular complexity index is 415. The molecule has 0 aromatic heterocycles. The third-order valence-corrected chi connectivity index (χ3v) is 3.08. The molecular weight excluding hydrogens is 294 g/mol. The van der Waals surface area contributed by atoms with Crippen LogP contribution in [-0.2, 0) is 4.74 Å². The maximum absolute atomic E-state index is 12.0. The SMILES string of the molecule is C=NN(CCCCN(CC)C(=O)OC(C)(C)C)C(CC)=NC=N. The van der Waals surface area contributed by atoms with Gasteiger partial charge in [0.15, 0.2) is 0 Å². The van der Waals surface area contributed by atoms with E-state index >= 15 is 0 Å². The van der Waals surface area contributed by atoms with Crippen LogP contribution >= 0.6 is 0 Å². The van der Waals surface area contributed by atoms with Gasteiger partial charge < -0.3 is 9.64 Å². The molecule has 0 radical (unpaired) electrons. The average Bonchev–Trinajstić information content (AvgIpc) is 2.47. The van der Waals surface area contributed by atoms with E-state index in [1.807, 2.05) is 34.6 Å². The van der Waals surface area contributed by atoms with Crippen molar-refractivity contribution in [2.24, 2.45) is 10.1 Å². The lowest BCUT2D eigenvalue weighted by Crippen LogP contribution is -2.37. The Morgan fingerprint density at radius 3 is 2.30 bits per heavy atom. The number of hydrazone groups is 1. The van der Waals surface area contributed by atoms with Crippen LogP contribution in [0.3, 0.4) is 0 Å². The lowest BCUT2D eigenvalue weighted by Gasteiger charge is -2.26. The van der Waals surface area contributed by atoms with Crippen LogP contribution in [0.5, 0.6) is 0 Å². The highest BCUT2D eigenvalue weighted by molar-refractivity contribution is 5.87. The summed E-state index contributed by atoms with van der Waals surface area (Å²) in [5, 5.41) is 12.7. The molecule has 0 rings (SSSR count). The molecule has 0 bridgehead atoms. The number of hydrogen-bond donors (Lipinski definition) is 1. The molecule has 23 heavy (non-hydrogen) atoms. The number of carbonyl (C=O) groups excluding carboxylic acids is 1. The highest BCUT2D eigenvalue weighted by Crippen LogP contribution is 2.10. The summed E-state index contributed by atoms with van der Waals surface area (Å²) in [4.78, 5) is 17.7. The van der Waals surface area contributed by atoms with Gasteiger partial charge in [0.05, 0.1) is 0 Å². The Morgan fingerprint density at radius 2 is 1.87 bits per heavy atom. The second-order valence-corrected chi connectivity index (χ2v) is 6.06. The van der Waals surface area contributed by atoms with Gasteiger partial charge in [0.25, 0.3) is 0 Å². The molecule has 0 saturated carbocycles. The smallest absolute Gasteiger partial charge is 0.410 e. The van der Waals surface area contributed by atoms with Crippen molar-refractivity contribution in [3.05, 3.63) is 0 Å². The predicted molar refractivity (Wildman–Crippen MR) is 95.5 cm³/mol. The average molecular weight is 325 g/mol. The van der Waals surface area contributed by atoms with Crippen LogP contribution < -0.4 is 0 Å². The Labute approximate surface area is 139 Å². The van der Waals surface area contributed by atoms with E-state index in [-0.39, 0.29) is 6.09 Å². The van der Waals surface area contributed by atoms with E-state index in [0.717, 1.165) is 25.0 Å². The van der Waals surface area contributed by atoms with E-state index < -0.39 is 5.60 Å². The van der Waals surface area contributed by atoms with Crippen LogP contribution in [0.4, 0.5) is 4.79 Å². The molecule has 0 saturated heterocycles. The molecule has 0 fully saturated rings. The molecule has 0 aromatic carbocycles. The number of ether oxygens (including phenoxy) is 1. The summed E-state index contributed by atoms with van der Waals surface area (Å²) in [7, 11) is 0. The zero-order chi connectivity index (χ0) is 17.9. The van der Waals surface area contributed by atoms with Crippen LogP contribution in [0.25, 0.3) is 0 Å². The first-order valence-electron chi connectivity index (χ1n) is 8.06. The Kier molecular flexibility index (Phi) is 9.85. The van der Waals surface area contributed by atoms with Crippen LogP contribution in [0.2, 0.25) is 0 Å². The minimum absolute atomic E-state index is 0.279. The van der Waals surface area contributed by atoms with E-state index in [4.69, 9.17) is 10.1 Å². The van der Waals surface area contributed by atoms with Gasteiger partial charge in [-0.1, -0.05) is 6.92 Å². The molecular formula is C16H31N5O2. The third-order valence-electron chi connectivity index (χ3n) is 3.08. The minimum Gasteiger partial charge on any atom is -0.444 e. The number of amidine groups is 1. The Hall–Kier alpha value is -1.92. The van der Waals surface area contributed by atoms with Crippen LogP contribution in [0.15, 0.2) is 10.1 Å². The van der Waals surface area contributed by atoms with Gasteiger partial charge in [-0.05, 0) is 40.5 Å². The molecule has 1 N–H and O–H groups in total. The summed E-state index contributed by atoms with van der Waals surface area (Å²) in [6.45, 7) is 15.0. The molecule has 0 aliphatic heterocycles. The van der Waals surface area contributed by atoms with Crippen molar-refractivity contribution < 1.29 is 9.53 Å². The van der Waals surface area contributed by atoms with E-state index in [0.29, 0.717) is 26.1 Å². The number of amides is 1. The zero-order valence-electron chi connectivity index (χ0n) is 15.1. The van der Waals surface area contributed by atoms with E-state index in [1.54, 1.807) is 9.91 Å². The quantitative estimate of drug-likeness (QED) is 0.305. The van der Waals surface area contributed by atoms with Crippen molar-refractivity contribution in [1.29, 1.82) is 5.41 Å². The fourth-order valence-corrected chi connectivity index (χ4v) is 1.97. The fraction of sp³-hybridized carbons (Fsp3) is 0.750. The number of aliphatic imine (C=N–C) groups is 1. The summed E-state index contributed by atoms with van der Waals surface area (Å²) in [5.41, 5.74) is -0.479. The van der Waals surface area contributed by atoms with Crippen LogP contribution in [-0.4, -0.2) is 60.1 Å². The van der Waals surface area contributed by atoms with E-state index in [1.165, 1.54) is 0 Å². The maximum Gasteiger partial charge on any atom is 0.410 e. The van der Waals surface area contributed by atoms with Crippen molar-refractivity contribution >= 4 is 25.0 Å². The zero-order valence-corrected chi connectivity index (χ0v) is 15.1. The number of hydrogen-bond acceptors (Lipinski definition) is 4. The number of nitrogens with one attached hydrogen (secondary N) is 1. The number of rotatable bonds is 9. The van der Waals surface area contributed by atoms with Crippen molar-refractivity contribution in [3.63, 3.8) is 0 Å². The topological polar surface area (TPSA) is 81.3 Å².